The maximum absolute atomic E-state index is 6.77. The van der Waals surface area contributed by atoms with Crippen molar-refractivity contribution in [2.24, 2.45) is 0 Å². The largest absolute Gasteiger partial charge is 0.494 e. The van der Waals surface area contributed by atoms with Crippen molar-refractivity contribution < 1.29 is 76.9 Å². The minimum Gasteiger partial charge on any atom is -0.494 e. The van der Waals surface area contributed by atoms with Crippen molar-refractivity contribution in [2.45, 2.75) is 0 Å². The van der Waals surface area contributed by atoms with Crippen LogP contribution < -0.4 is 56.8 Å². The van der Waals surface area contributed by atoms with Crippen LogP contribution in [0.25, 0.3) is 29.1 Å². The fourth-order valence-electron chi connectivity index (χ4n) is 5.37. The summed E-state index contributed by atoms with van der Waals surface area (Å²) < 4.78 is 60.1. The zero-order valence-corrected chi connectivity index (χ0v) is 44.2. The Bertz CT molecular complexity index is 2400. The molecule has 0 N–H and O–H groups in total. The molecule has 0 atom stereocenters. The summed E-state index contributed by atoms with van der Waals surface area (Å²) in [7, 11) is 18.7. The number of hydrogen-bond donors (Lipinski definition) is 0. The number of nitrogens with zero attached hydrogens (tertiary/aromatic N) is 6. The van der Waals surface area contributed by atoms with Gasteiger partial charge in [0.05, 0.1) is 125 Å². The predicted octanol–water partition coefficient (Wildman–Crippen LogP) is 13.5. The molecular formula is C54H54N6O12Tc. The topological polar surface area (TPSA) is 137 Å². The van der Waals surface area contributed by atoms with Gasteiger partial charge in [-0.1, -0.05) is 36.4 Å². The fourth-order valence-corrected chi connectivity index (χ4v) is 5.37. The van der Waals surface area contributed by atoms with Crippen molar-refractivity contribution in [1.29, 1.82) is 0 Å². The van der Waals surface area contributed by atoms with Crippen LogP contribution in [0.3, 0.4) is 0 Å². The molecule has 0 unspecified atom stereocenters. The van der Waals surface area contributed by atoms with Crippen LogP contribution in [0.4, 0.5) is 34.1 Å². The van der Waals surface area contributed by atoms with E-state index in [2.05, 4.69) is 29.1 Å². The van der Waals surface area contributed by atoms with Gasteiger partial charge in [-0.15, -0.1) is 0 Å². The Morgan fingerprint density at radius 3 is 0.397 bits per heavy atom. The second kappa shape index (κ2) is 36.5. The summed E-state index contributed by atoms with van der Waals surface area (Å²) in [5.41, 5.74) is 3.29. The van der Waals surface area contributed by atoms with Crippen LogP contribution in [0, 0.1) is 39.4 Å². The van der Waals surface area contributed by atoms with Crippen LogP contribution in [0.1, 0.15) is 0 Å². The molecule has 6 rings (SSSR count). The molecule has 0 aliphatic rings. The zero-order valence-electron chi connectivity index (χ0n) is 42.4. The Labute approximate surface area is 441 Å². The van der Waals surface area contributed by atoms with Gasteiger partial charge in [0.15, 0.2) is 68.6 Å². The Hall–Kier alpha value is -9.49. The Morgan fingerprint density at radius 1 is 0.205 bits per heavy atom. The third kappa shape index (κ3) is 21.0. The molecule has 0 bridgehead atoms. The van der Waals surface area contributed by atoms with E-state index in [-0.39, 0.29) is 20.1 Å². The Balaban J connectivity index is 0.000000850. The van der Waals surface area contributed by atoms with Crippen molar-refractivity contribution in [3.8, 4) is 69.0 Å². The molecule has 379 valence electrons. The summed E-state index contributed by atoms with van der Waals surface area (Å²) in [6, 6.07) is 30.3. The summed E-state index contributed by atoms with van der Waals surface area (Å²) in [5, 5.41) is 0. The third-order valence-corrected chi connectivity index (χ3v) is 8.98. The van der Waals surface area contributed by atoms with E-state index < -0.39 is 0 Å². The summed E-state index contributed by atoms with van der Waals surface area (Å²) in [4.78, 5) is 19.6. The van der Waals surface area contributed by atoms with Gasteiger partial charge in [-0.2, -0.15) is 0 Å². The van der Waals surface area contributed by atoms with Crippen LogP contribution in [0.5, 0.6) is 69.0 Å². The minimum atomic E-state index is 0. The van der Waals surface area contributed by atoms with Gasteiger partial charge in [-0.05, 0) is 72.8 Å². The average molecular weight is 1080 g/mol. The molecule has 0 aromatic heterocycles. The van der Waals surface area contributed by atoms with Crippen LogP contribution >= 0.6 is 0 Å². The smallest absolute Gasteiger partial charge is 0.191 e. The molecule has 0 spiro atoms. The maximum Gasteiger partial charge on any atom is 0.191 e. The monoisotopic (exact) mass is 1080 g/mol. The van der Waals surface area contributed by atoms with Gasteiger partial charge in [0.25, 0.3) is 0 Å². The molecule has 73 heavy (non-hydrogen) atoms. The maximum atomic E-state index is 6.77. The molecule has 0 amide bonds. The molecule has 6 aromatic carbocycles. The molecule has 19 heteroatoms. The normalized spacial score (nSPS) is 8.63. The first-order valence-corrected chi connectivity index (χ1v) is 20.5. The number of benzene rings is 6. The van der Waals surface area contributed by atoms with Crippen molar-refractivity contribution >= 4 is 34.1 Å². The first-order valence-electron chi connectivity index (χ1n) is 20.5. The Kier molecular flexibility index (Phi) is 31.7. The molecule has 0 aliphatic heterocycles. The average Bonchev–Trinajstić information content (AvgIpc) is 3.46. The number of methoxy groups -OCH3 is 12. The summed E-state index contributed by atoms with van der Waals surface area (Å²) >= 11 is 0. The summed E-state index contributed by atoms with van der Waals surface area (Å²) in [5.74, 6) is 7.39. The van der Waals surface area contributed by atoms with Gasteiger partial charge in [0.2, 0.25) is 0 Å². The van der Waals surface area contributed by atoms with Gasteiger partial charge in [0, 0.05) is 20.1 Å². The van der Waals surface area contributed by atoms with Gasteiger partial charge < -0.3 is 56.8 Å². The van der Waals surface area contributed by atoms with E-state index in [1.54, 1.807) is 195 Å². The molecule has 1 radical (unpaired) electrons. The number of ether oxygens (including phenoxy) is 12. The van der Waals surface area contributed by atoms with E-state index in [9.17, 15) is 0 Å². The van der Waals surface area contributed by atoms with E-state index >= 15 is 0 Å². The van der Waals surface area contributed by atoms with Crippen LogP contribution in [-0.4, -0.2) is 85.3 Å². The van der Waals surface area contributed by atoms with Crippen LogP contribution in [-0.2, 0) is 20.1 Å². The fraction of sp³-hybridized carbons (Fsp3) is 0.222. The first-order chi connectivity index (χ1) is 34.9. The van der Waals surface area contributed by atoms with Crippen molar-refractivity contribution in [3.63, 3.8) is 0 Å². The van der Waals surface area contributed by atoms with Crippen LogP contribution in [0.2, 0.25) is 0 Å². The minimum absolute atomic E-state index is 0. The van der Waals surface area contributed by atoms with E-state index in [1.807, 2.05) is 0 Å². The van der Waals surface area contributed by atoms with Crippen molar-refractivity contribution in [2.75, 3.05) is 85.3 Å². The molecule has 0 heterocycles. The number of rotatable bonds is 12. The van der Waals surface area contributed by atoms with Crippen molar-refractivity contribution in [3.05, 3.63) is 178 Å². The standard InChI is InChI=1S/6C9H9NO2.Tc/c6*1-10-7-4-5-8(11-2)9(6-7)12-3;/h6*4-6H,2-3H3;. The molecule has 18 nitrogen and oxygen atoms in total. The molecular weight excluding hydrogens is 1020 g/mol. The van der Waals surface area contributed by atoms with E-state index in [4.69, 9.17) is 96.3 Å². The van der Waals surface area contributed by atoms with Gasteiger partial charge in [0.1, 0.15) is 34.5 Å². The van der Waals surface area contributed by atoms with Gasteiger partial charge >= 0.3 is 0 Å². The SMILES string of the molecule is [C-]#[N+]c1ccc(OC)c(OC)c1.[C-]#[N+]c1ccc(OC)c(OC)c1.[C-]#[N+]c1ccc(OC)c(OC)c1.[C-]#[N+]c1ccc(OC)c(OC)c1.[C-]#[N+]c1ccc(OC)c(OC)c1.[C-]#[N+]c1ccc(OC)c(OC)c1.[Tc]. The Morgan fingerprint density at radius 2 is 0.315 bits per heavy atom. The van der Waals surface area contributed by atoms with E-state index in [0.717, 1.165) is 0 Å². The second-order valence-corrected chi connectivity index (χ2v) is 12.9. The second-order valence-electron chi connectivity index (χ2n) is 12.9. The quantitative estimate of drug-likeness (QED) is 0.108. The van der Waals surface area contributed by atoms with Crippen molar-refractivity contribution in [1.82, 2.24) is 0 Å². The number of hydrogen-bond acceptors (Lipinski definition) is 12. The molecule has 0 saturated heterocycles. The third-order valence-electron chi connectivity index (χ3n) is 8.98. The van der Waals surface area contributed by atoms with Gasteiger partial charge in [-0.25, -0.2) is 29.1 Å². The summed E-state index contributed by atoms with van der Waals surface area (Å²) in [6.45, 7) is 40.6. The molecule has 6 aromatic rings. The van der Waals surface area contributed by atoms with Crippen LogP contribution in [0.15, 0.2) is 109 Å². The molecule has 0 saturated carbocycles. The predicted molar refractivity (Wildman–Crippen MR) is 275 cm³/mol. The molecule has 0 aliphatic carbocycles. The van der Waals surface area contributed by atoms with E-state index in [1.165, 1.54) is 0 Å². The van der Waals surface area contributed by atoms with E-state index in [0.29, 0.717) is 103 Å². The van der Waals surface area contributed by atoms with Gasteiger partial charge in [-0.3, -0.25) is 0 Å². The zero-order chi connectivity index (χ0) is 53.8. The molecule has 0 fully saturated rings. The first kappa shape index (κ1) is 63.5. The summed E-state index contributed by atoms with van der Waals surface area (Å²) in [6.07, 6.45) is 0.